The number of hydrogen-bond acceptors (Lipinski definition) is 6. The van der Waals surface area contributed by atoms with E-state index in [2.05, 4.69) is 23.8 Å². The monoisotopic (exact) mass is 422 g/mol. The second-order valence-corrected chi connectivity index (χ2v) is 8.19. The molecule has 2 aromatic carbocycles. The first-order valence-electron chi connectivity index (χ1n) is 11.1. The van der Waals surface area contributed by atoms with Crippen LogP contribution in [0.25, 0.3) is 0 Å². The Bertz CT molecular complexity index is 950. The molecule has 0 bridgehead atoms. The predicted octanol–water partition coefficient (Wildman–Crippen LogP) is 3.23. The van der Waals surface area contributed by atoms with E-state index in [1.165, 1.54) is 0 Å². The van der Waals surface area contributed by atoms with Gasteiger partial charge >= 0.3 is 0 Å². The molecule has 1 atom stereocenters. The molecule has 0 amide bonds. The second kappa shape index (κ2) is 9.73. The highest BCUT2D eigenvalue weighted by atomic mass is 16.5. The molecule has 0 aromatic heterocycles. The number of likely N-dealkylation sites (N-methyl/N-ethyl adjacent to an activating group) is 1. The molecule has 2 aliphatic rings. The summed E-state index contributed by atoms with van der Waals surface area (Å²) in [4.78, 5) is 30.3. The normalized spacial score (nSPS) is 17.9. The van der Waals surface area contributed by atoms with Gasteiger partial charge in [-0.3, -0.25) is 14.5 Å². The average Bonchev–Trinajstić information content (AvgIpc) is 2.80. The molecule has 0 N–H and O–H groups in total. The van der Waals surface area contributed by atoms with E-state index >= 15 is 0 Å². The van der Waals surface area contributed by atoms with Gasteiger partial charge in [-0.15, -0.1) is 0 Å². The zero-order chi connectivity index (χ0) is 21.8. The molecule has 0 spiro atoms. The van der Waals surface area contributed by atoms with Crippen molar-refractivity contribution in [2.24, 2.45) is 0 Å². The van der Waals surface area contributed by atoms with Gasteiger partial charge in [-0.1, -0.05) is 31.2 Å². The maximum Gasteiger partial charge on any atom is 0.194 e. The Labute approximate surface area is 183 Å². The molecule has 31 heavy (non-hydrogen) atoms. The largest absolute Gasteiger partial charge is 0.493 e. The number of ketones is 2. The summed E-state index contributed by atoms with van der Waals surface area (Å²) in [6.45, 7) is 7.51. The van der Waals surface area contributed by atoms with Crippen molar-refractivity contribution < 1.29 is 19.1 Å². The summed E-state index contributed by atoms with van der Waals surface area (Å²) in [6.07, 6.45) is 1.88. The van der Waals surface area contributed by atoms with E-state index in [1.54, 1.807) is 42.5 Å². The van der Waals surface area contributed by atoms with Crippen LogP contribution in [0.2, 0.25) is 0 Å². The number of piperazine rings is 1. The summed E-state index contributed by atoms with van der Waals surface area (Å²) in [5, 5.41) is 0. The van der Waals surface area contributed by atoms with Crippen molar-refractivity contribution in [3.63, 3.8) is 0 Å². The highest BCUT2D eigenvalue weighted by molar-refractivity contribution is 6.28. The number of nitrogens with zero attached hydrogens (tertiary/aromatic N) is 2. The lowest BCUT2D eigenvalue weighted by atomic mass is 9.84. The Morgan fingerprint density at radius 3 is 2.19 bits per heavy atom. The van der Waals surface area contributed by atoms with Gasteiger partial charge in [0.25, 0.3) is 0 Å². The SMILES string of the molecule is CCC(OCCCOc1ccc2c(c1)C(=O)c1ccccc1C2=O)N1CCN(C)CC1. The van der Waals surface area contributed by atoms with Crippen LogP contribution >= 0.6 is 0 Å². The lowest BCUT2D eigenvalue weighted by molar-refractivity contribution is -0.0777. The van der Waals surface area contributed by atoms with E-state index in [0.717, 1.165) is 39.0 Å². The number of fused-ring (bicyclic) bond motifs is 2. The van der Waals surface area contributed by atoms with Crippen molar-refractivity contribution >= 4 is 11.6 Å². The molecule has 6 nitrogen and oxygen atoms in total. The molecule has 1 fully saturated rings. The molecule has 164 valence electrons. The van der Waals surface area contributed by atoms with Gasteiger partial charge in [0.2, 0.25) is 0 Å². The van der Waals surface area contributed by atoms with Crippen molar-refractivity contribution in [3.8, 4) is 5.75 Å². The van der Waals surface area contributed by atoms with Crippen LogP contribution in [0.3, 0.4) is 0 Å². The predicted molar refractivity (Wildman–Crippen MR) is 119 cm³/mol. The van der Waals surface area contributed by atoms with Crippen LogP contribution in [0.5, 0.6) is 5.75 Å². The quantitative estimate of drug-likeness (QED) is 0.520. The maximum atomic E-state index is 12.8. The minimum Gasteiger partial charge on any atom is -0.493 e. The molecular formula is C25H30N2O4. The van der Waals surface area contributed by atoms with Gasteiger partial charge < -0.3 is 14.4 Å². The van der Waals surface area contributed by atoms with Gasteiger partial charge in [0, 0.05) is 54.9 Å². The first-order valence-corrected chi connectivity index (χ1v) is 11.1. The minimum atomic E-state index is -0.128. The van der Waals surface area contributed by atoms with Crippen LogP contribution < -0.4 is 4.74 Å². The molecule has 0 saturated carbocycles. The van der Waals surface area contributed by atoms with Crippen molar-refractivity contribution in [2.75, 3.05) is 46.4 Å². The van der Waals surface area contributed by atoms with E-state index in [1.807, 2.05) is 0 Å². The lowest BCUT2D eigenvalue weighted by Gasteiger charge is -2.37. The highest BCUT2D eigenvalue weighted by Gasteiger charge is 2.29. The fraction of sp³-hybridized carbons (Fsp3) is 0.440. The third-order valence-electron chi connectivity index (χ3n) is 6.06. The van der Waals surface area contributed by atoms with Crippen LogP contribution in [-0.2, 0) is 4.74 Å². The van der Waals surface area contributed by atoms with Crippen LogP contribution in [0.4, 0.5) is 0 Å². The lowest BCUT2D eigenvalue weighted by Crippen LogP contribution is -2.49. The first kappa shape index (κ1) is 21.7. The summed E-state index contributed by atoms with van der Waals surface area (Å²) < 4.78 is 11.9. The van der Waals surface area contributed by atoms with E-state index in [-0.39, 0.29) is 17.8 Å². The number of ether oxygens (including phenoxy) is 2. The van der Waals surface area contributed by atoms with E-state index in [4.69, 9.17) is 9.47 Å². The number of hydrogen-bond donors (Lipinski definition) is 0. The first-order chi connectivity index (χ1) is 15.1. The minimum absolute atomic E-state index is 0.111. The second-order valence-electron chi connectivity index (χ2n) is 8.19. The third-order valence-corrected chi connectivity index (χ3v) is 6.06. The molecule has 1 saturated heterocycles. The zero-order valence-electron chi connectivity index (χ0n) is 18.3. The summed E-state index contributed by atoms with van der Waals surface area (Å²) in [7, 11) is 2.15. The van der Waals surface area contributed by atoms with Crippen molar-refractivity contribution in [1.82, 2.24) is 9.80 Å². The molecule has 6 heteroatoms. The number of benzene rings is 2. The smallest absolute Gasteiger partial charge is 0.194 e. The van der Waals surface area contributed by atoms with Gasteiger partial charge in [0.15, 0.2) is 11.6 Å². The zero-order valence-corrected chi connectivity index (χ0v) is 18.3. The summed E-state index contributed by atoms with van der Waals surface area (Å²) in [5.41, 5.74) is 1.78. The summed E-state index contributed by atoms with van der Waals surface area (Å²) >= 11 is 0. The molecule has 1 unspecified atom stereocenters. The molecule has 1 aliphatic carbocycles. The third kappa shape index (κ3) is 4.71. The maximum absolute atomic E-state index is 12.8. The van der Waals surface area contributed by atoms with Gasteiger partial charge in [-0.05, 0) is 31.7 Å². The standard InChI is InChI=1S/C25H30N2O4/c1-3-23(27-13-11-26(2)12-14-27)31-16-6-15-30-18-9-10-21-22(17-18)25(29)20-8-5-4-7-19(20)24(21)28/h4-5,7-10,17,23H,3,6,11-16H2,1-2H3. The average molecular weight is 423 g/mol. The van der Waals surface area contributed by atoms with Crippen LogP contribution in [0, 0.1) is 0 Å². The topological polar surface area (TPSA) is 59.1 Å². The summed E-state index contributed by atoms with van der Waals surface area (Å²) in [6, 6.07) is 12.1. The van der Waals surface area contributed by atoms with Crippen LogP contribution in [-0.4, -0.2) is 74.0 Å². The van der Waals surface area contributed by atoms with E-state index in [0.29, 0.717) is 41.2 Å². The number of carbonyl (C=O) groups excluding carboxylic acids is 2. The molecule has 0 radical (unpaired) electrons. The van der Waals surface area contributed by atoms with Crippen LogP contribution in [0.15, 0.2) is 42.5 Å². The Kier molecular flexibility index (Phi) is 6.80. The van der Waals surface area contributed by atoms with E-state index in [9.17, 15) is 9.59 Å². The Morgan fingerprint density at radius 1 is 0.871 bits per heavy atom. The molecule has 1 heterocycles. The Hall–Kier alpha value is -2.54. The van der Waals surface area contributed by atoms with Crippen molar-refractivity contribution in [3.05, 3.63) is 64.7 Å². The molecular weight excluding hydrogens is 392 g/mol. The number of rotatable bonds is 8. The van der Waals surface area contributed by atoms with Gasteiger partial charge in [-0.25, -0.2) is 0 Å². The fourth-order valence-corrected chi connectivity index (χ4v) is 4.23. The summed E-state index contributed by atoms with van der Waals surface area (Å²) in [5.74, 6) is 0.363. The molecule has 4 rings (SSSR count). The molecule has 1 aliphatic heterocycles. The van der Waals surface area contributed by atoms with Crippen LogP contribution in [0.1, 0.15) is 51.6 Å². The van der Waals surface area contributed by atoms with E-state index < -0.39 is 0 Å². The Balaban J connectivity index is 1.29. The molecule has 2 aromatic rings. The Morgan fingerprint density at radius 2 is 1.52 bits per heavy atom. The van der Waals surface area contributed by atoms with Gasteiger partial charge in [0.1, 0.15) is 12.0 Å². The highest BCUT2D eigenvalue weighted by Crippen LogP contribution is 2.29. The fourth-order valence-electron chi connectivity index (χ4n) is 4.23. The van der Waals surface area contributed by atoms with Gasteiger partial charge in [0.05, 0.1) is 13.2 Å². The van der Waals surface area contributed by atoms with Crippen molar-refractivity contribution in [2.45, 2.75) is 26.0 Å². The number of carbonyl (C=O) groups is 2. The van der Waals surface area contributed by atoms with Gasteiger partial charge in [-0.2, -0.15) is 0 Å². The van der Waals surface area contributed by atoms with Crippen molar-refractivity contribution in [1.29, 1.82) is 0 Å².